The summed E-state index contributed by atoms with van der Waals surface area (Å²) < 4.78 is 33.3. The zero-order chi connectivity index (χ0) is 16.8. The summed E-state index contributed by atoms with van der Waals surface area (Å²) in [7, 11) is 2.03. The molecule has 23 heavy (non-hydrogen) atoms. The van der Waals surface area contributed by atoms with Gasteiger partial charge < -0.3 is 27.5 Å². The first-order chi connectivity index (χ1) is 11.3. The van der Waals surface area contributed by atoms with E-state index < -0.39 is 8.80 Å². The molecule has 7 heteroatoms. The van der Waals surface area contributed by atoms with E-state index in [0.717, 1.165) is 5.56 Å². The van der Waals surface area contributed by atoms with E-state index in [2.05, 4.69) is 0 Å². The van der Waals surface area contributed by atoms with Gasteiger partial charge in [-0.25, -0.2) is 0 Å². The third-order valence-electron chi connectivity index (χ3n) is 3.09. The van der Waals surface area contributed by atoms with Crippen molar-refractivity contribution in [2.75, 3.05) is 61.0 Å². The Labute approximate surface area is 140 Å². The molecule has 6 nitrogen and oxygen atoms in total. The number of hydrogen-bond acceptors (Lipinski definition) is 6. The first-order valence-corrected chi connectivity index (χ1v) is 9.62. The van der Waals surface area contributed by atoms with Crippen LogP contribution in [0.5, 0.6) is 0 Å². The molecule has 0 amide bonds. The van der Waals surface area contributed by atoms with Crippen LogP contribution >= 0.6 is 0 Å². The fourth-order valence-corrected chi connectivity index (χ4v) is 4.44. The normalized spacial score (nSPS) is 11.8. The summed E-state index contributed by atoms with van der Waals surface area (Å²) in [5.74, 6) is 0. The SMILES string of the molecule is COCCO[Si](Cc1ccccc1)(OCCOC)OCCOC. The summed E-state index contributed by atoms with van der Waals surface area (Å²) in [6, 6.07) is 10.7. The lowest BCUT2D eigenvalue weighted by molar-refractivity contribution is 0.0139. The van der Waals surface area contributed by atoms with Gasteiger partial charge in [0.25, 0.3) is 0 Å². The Hall–Kier alpha value is -0.803. The highest BCUT2D eigenvalue weighted by atomic mass is 28.4. The molecule has 0 aliphatic rings. The zero-order valence-corrected chi connectivity index (χ0v) is 15.3. The highest BCUT2D eigenvalue weighted by molar-refractivity contribution is 6.60. The van der Waals surface area contributed by atoms with Gasteiger partial charge in [-0.3, -0.25) is 0 Å². The first kappa shape index (κ1) is 20.2. The molecule has 0 fully saturated rings. The molecule has 0 aromatic heterocycles. The summed E-state index contributed by atoms with van der Waals surface area (Å²) in [5.41, 5.74) is 1.12. The van der Waals surface area contributed by atoms with Crippen LogP contribution in [0.4, 0.5) is 0 Å². The molecule has 132 valence electrons. The third kappa shape index (κ3) is 8.57. The number of rotatable bonds is 14. The second kappa shape index (κ2) is 12.6. The van der Waals surface area contributed by atoms with Gasteiger partial charge in [0.05, 0.1) is 39.6 Å². The Morgan fingerprint density at radius 3 is 1.48 bits per heavy atom. The van der Waals surface area contributed by atoms with Crippen LogP contribution in [0.1, 0.15) is 5.56 Å². The summed E-state index contributed by atoms with van der Waals surface area (Å²) >= 11 is 0. The van der Waals surface area contributed by atoms with E-state index in [-0.39, 0.29) is 0 Å². The molecule has 0 saturated carbocycles. The van der Waals surface area contributed by atoms with E-state index >= 15 is 0 Å². The van der Waals surface area contributed by atoms with E-state index in [0.29, 0.717) is 45.7 Å². The average molecular weight is 344 g/mol. The number of benzene rings is 1. The van der Waals surface area contributed by atoms with Crippen molar-refractivity contribution >= 4 is 8.80 Å². The van der Waals surface area contributed by atoms with Crippen molar-refractivity contribution < 1.29 is 27.5 Å². The lowest BCUT2D eigenvalue weighted by atomic mass is 10.2. The monoisotopic (exact) mass is 344 g/mol. The summed E-state index contributed by atoms with van der Waals surface area (Å²) in [5, 5.41) is 0. The van der Waals surface area contributed by atoms with Gasteiger partial charge in [-0.15, -0.1) is 0 Å². The minimum atomic E-state index is -2.89. The molecule has 0 bridgehead atoms. The van der Waals surface area contributed by atoms with Gasteiger partial charge in [0.2, 0.25) is 0 Å². The van der Waals surface area contributed by atoms with E-state index in [1.165, 1.54) is 0 Å². The predicted octanol–water partition coefficient (Wildman–Crippen LogP) is 1.70. The van der Waals surface area contributed by atoms with Crippen LogP contribution < -0.4 is 0 Å². The second-order valence-corrected chi connectivity index (χ2v) is 7.45. The summed E-state index contributed by atoms with van der Waals surface area (Å²) in [4.78, 5) is 0. The zero-order valence-electron chi connectivity index (χ0n) is 14.3. The minimum Gasteiger partial charge on any atom is -0.382 e. The fourth-order valence-electron chi connectivity index (χ4n) is 1.97. The van der Waals surface area contributed by atoms with Gasteiger partial charge in [-0.1, -0.05) is 30.3 Å². The van der Waals surface area contributed by atoms with E-state index in [1.54, 1.807) is 21.3 Å². The predicted molar refractivity (Wildman–Crippen MR) is 89.4 cm³/mol. The fraction of sp³-hybridized carbons (Fsp3) is 0.625. The van der Waals surface area contributed by atoms with Crippen LogP contribution in [0.15, 0.2) is 30.3 Å². The topological polar surface area (TPSA) is 55.4 Å². The van der Waals surface area contributed by atoms with Gasteiger partial charge in [0.15, 0.2) is 0 Å². The Morgan fingerprint density at radius 2 is 1.09 bits per heavy atom. The third-order valence-corrected chi connectivity index (χ3v) is 5.86. The standard InChI is InChI=1S/C16H28O6Si/c1-17-9-12-20-23(21-13-10-18-2,22-14-11-19-3)15-16-7-5-4-6-8-16/h4-8H,9-15H2,1-3H3. The molecule has 0 unspecified atom stereocenters. The highest BCUT2D eigenvalue weighted by Crippen LogP contribution is 2.17. The molecule has 0 saturated heterocycles. The van der Waals surface area contributed by atoms with Crippen LogP contribution in [0.25, 0.3) is 0 Å². The molecule has 0 aliphatic carbocycles. The number of methoxy groups -OCH3 is 3. The van der Waals surface area contributed by atoms with Crippen molar-refractivity contribution in [2.45, 2.75) is 6.04 Å². The molecule has 0 aliphatic heterocycles. The number of hydrogen-bond donors (Lipinski definition) is 0. The maximum atomic E-state index is 6.03. The van der Waals surface area contributed by atoms with Crippen LogP contribution in [-0.4, -0.2) is 69.8 Å². The smallest absolute Gasteiger partial charge is 0.382 e. The van der Waals surface area contributed by atoms with Gasteiger partial charge in [-0.05, 0) is 5.56 Å². The molecule has 0 atom stereocenters. The molecule has 0 radical (unpaired) electrons. The Balaban J connectivity index is 2.79. The van der Waals surface area contributed by atoms with Gasteiger partial charge >= 0.3 is 8.80 Å². The maximum absolute atomic E-state index is 6.03. The number of ether oxygens (including phenoxy) is 3. The molecule has 0 N–H and O–H groups in total. The maximum Gasteiger partial charge on any atom is 0.505 e. The minimum absolute atomic E-state index is 0.426. The second-order valence-electron chi connectivity index (χ2n) is 4.87. The Morgan fingerprint density at radius 1 is 0.652 bits per heavy atom. The van der Waals surface area contributed by atoms with Crippen molar-refractivity contribution in [2.24, 2.45) is 0 Å². The van der Waals surface area contributed by atoms with Gasteiger partial charge in [0, 0.05) is 27.4 Å². The van der Waals surface area contributed by atoms with Crippen LogP contribution in [-0.2, 0) is 33.5 Å². The summed E-state index contributed by atoms with van der Waals surface area (Å²) in [6.45, 7) is 2.75. The van der Waals surface area contributed by atoms with Crippen molar-refractivity contribution in [3.05, 3.63) is 35.9 Å². The lowest BCUT2D eigenvalue weighted by Crippen LogP contribution is -2.50. The van der Waals surface area contributed by atoms with Crippen molar-refractivity contribution in [3.8, 4) is 0 Å². The summed E-state index contributed by atoms with van der Waals surface area (Å²) in [6.07, 6.45) is 0. The highest BCUT2D eigenvalue weighted by Gasteiger charge is 2.41. The molecule has 0 heterocycles. The molecular formula is C16H28O6Si. The lowest BCUT2D eigenvalue weighted by Gasteiger charge is -2.29. The first-order valence-electron chi connectivity index (χ1n) is 7.69. The quantitative estimate of drug-likeness (QED) is 0.378. The van der Waals surface area contributed by atoms with Crippen LogP contribution in [0.2, 0.25) is 0 Å². The van der Waals surface area contributed by atoms with E-state index in [4.69, 9.17) is 27.5 Å². The van der Waals surface area contributed by atoms with E-state index in [9.17, 15) is 0 Å². The van der Waals surface area contributed by atoms with Crippen molar-refractivity contribution in [1.29, 1.82) is 0 Å². The van der Waals surface area contributed by atoms with Crippen molar-refractivity contribution in [1.82, 2.24) is 0 Å². The Kier molecular flexibility index (Phi) is 11.1. The van der Waals surface area contributed by atoms with Gasteiger partial charge in [0.1, 0.15) is 0 Å². The van der Waals surface area contributed by atoms with E-state index in [1.807, 2.05) is 30.3 Å². The van der Waals surface area contributed by atoms with Crippen molar-refractivity contribution in [3.63, 3.8) is 0 Å². The largest absolute Gasteiger partial charge is 0.505 e. The molecule has 1 aromatic rings. The molecule has 0 spiro atoms. The average Bonchev–Trinajstić information content (AvgIpc) is 2.56. The van der Waals surface area contributed by atoms with Crippen LogP contribution in [0.3, 0.4) is 0 Å². The Bertz CT molecular complexity index is 363. The molecule has 1 rings (SSSR count). The van der Waals surface area contributed by atoms with Gasteiger partial charge in [-0.2, -0.15) is 0 Å². The molecule has 1 aromatic carbocycles. The molecular weight excluding hydrogens is 316 g/mol. The van der Waals surface area contributed by atoms with Crippen LogP contribution in [0, 0.1) is 0 Å².